The second kappa shape index (κ2) is 10.3. The van der Waals surface area contributed by atoms with E-state index in [1.54, 1.807) is 11.9 Å². The van der Waals surface area contributed by atoms with Crippen LogP contribution in [0.2, 0.25) is 0 Å². The summed E-state index contributed by atoms with van der Waals surface area (Å²) in [4.78, 5) is 3.28. The van der Waals surface area contributed by atoms with E-state index in [-0.39, 0.29) is 21.7 Å². The third kappa shape index (κ3) is 6.02. The first-order chi connectivity index (χ1) is 17.6. The van der Waals surface area contributed by atoms with Crippen LogP contribution in [-0.2, 0) is 5.32 Å². The Balaban J connectivity index is 1.58. The van der Waals surface area contributed by atoms with Gasteiger partial charge in [0.2, 0.25) is 0 Å². The number of halogens is 2. The molecule has 2 aromatic heterocycles. The predicted molar refractivity (Wildman–Crippen MR) is 145 cm³/mol. The fourth-order valence-electron chi connectivity index (χ4n) is 4.68. The van der Waals surface area contributed by atoms with Gasteiger partial charge in [0, 0.05) is 0 Å². The number of hydrogen-bond acceptors (Lipinski definition) is 8. The minimum atomic E-state index is -2.65. The Bertz CT molecular complexity index is 1260. The van der Waals surface area contributed by atoms with Crippen LogP contribution in [0.25, 0.3) is 5.52 Å². The van der Waals surface area contributed by atoms with Gasteiger partial charge in [-0.15, -0.1) is 0 Å². The van der Waals surface area contributed by atoms with Crippen LogP contribution in [0.1, 0.15) is 63.6 Å². The Morgan fingerprint density at radius 2 is 2.14 bits per heavy atom. The number of anilines is 1. The molecular weight excluding hydrogens is 561 g/mol. The number of nitriles is 1. The molecule has 2 saturated carbocycles. The van der Waals surface area contributed by atoms with E-state index >= 15 is 0 Å². The second-order valence-electron chi connectivity index (χ2n) is 11.0. The molecule has 3 heterocycles. The molecule has 0 radical (unpaired) electrons. The van der Waals surface area contributed by atoms with E-state index in [9.17, 15) is 14.0 Å². The van der Waals surface area contributed by atoms with Gasteiger partial charge in [-0.3, -0.25) is 0 Å². The summed E-state index contributed by atoms with van der Waals surface area (Å²) in [5.74, 6) is 1.28. The van der Waals surface area contributed by atoms with E-state index in [0.717, 1.165) is 53.2 Å². The SMILES string of the molecule is C=N/N=C(\[Se]Cc1c(C2CC2)nn2c(N3CC(C#N)NC(C)(C)C3)cc(SNC3(C)CC3)cc12)C(F)F. The van der Waals surface area contributed by atoms with Crippen molar-refractivity contribution in [3.63, 3.8) is 0 Å². The normalized spacial score (nSPS) is 22.9. The standard InChI is InChI=1S/C25H32F2N8SSe/c1-24(2)14-34(12-16(11-28)30-24)20-10-17(36-33-25(3)7-8-25)9-19-18(13-37-23(22(26)27)31-29-4)21(15-5-6-15)32-35(19)20/h9-10,15-16,22,30,33H,4-8,12-14H2,1-3H3/b31-23-. The van der Waals surface area contributed by atoms with Gasteiger partial charge < -0.3 is 0 Å². The zero-order valence-electron chi connectivity index (χ0n) is 21.3. The first-order valence-electron chi connectivity index (χ1n) is 12.5. The van der Waals surface area contributed by atoms with E-state index in [4.69, 9.17) is 5.10 Å². The summed E-state index contributed by atoms with van der Waals surface area (Å²) in [5, 5.41) is 25.6. The van der Waals surface area contributed by atoms with Gasteiger partial charge in [-0.1, -0.05) is 0 Å². The second-order valence-corrected chi connectivity index (χ2v) is 14.0. The molecule has 0 aromatic carbocycles. The molecule has 1 atom stereocenters. The Labute approximate surface area is 226 Å². The Morgan fingerprint density at radius 3 is 2.76 bits per heavy atom. The van der Waals surface area contributed by atoms with E-state index in [1.807, 2.05) is 4.52 Å². The van der Waals surface area contributed by atoms with Crippen molar-refractivity contribution in [2.24, 2.45) is 10.2 Å². The maximum atomic E-state index is 13.6. The number of hydrogen-bond donors (Lipinski definition) is 2. The molecule has 2 aromatic rings. The summed E-state index contributed by atoms with van der Waals surface area (Å²) in [6, 6.07) is 6.33. The number of nitrogens with zero attached hydrogens (tertiary/aromatic N) is 6. The monoisotopic (exact) mass is 594 g/mol. The molecule has 3 fully saturated rings. The molecule has 1 aliphatic heterocycles. The van der Waals surface area contributed by atoms with E-state index in [0.29, 0.717) is 24.3 Å². The summed E-state index contributed by atoms with van der Waals surface area (Å²) in [7, 11) is 0. The molecule has 198 valence electrons. The van der Waals surface area contributed by atoms with Crippen molar-refractivity contribution in [2.45, 2.75) is 86.1 Å². The van der Waals surface area contributed by atoms with Gasteiger partial charge in [0.25, 0.3) is 0 Å². The molecule has 2 aliphatic carbocycles. The first kappa shape index (κ1) is 26.6. The summed E-state index contributed by atoms with van der Waals surface area (Å²) in [6.07, 6.45) is 1.76. The van der Waals surface area contributed by atoms with Crippen LogP contribution >= 0.6 is 11.9 Å². The van der Waals surface area contributed by atoms with Crippen molar-refractivity contribution in [3.05, 3.63) is 23.4 Å². The van der Waals surface area contributed by atoms with Crippen molar-refractivity contribution >= 4 is 49.6 Å². The van der Waals surface area contributed by atoms with Crippen LogP contribution in [0.4, 0.5) is 14.6 Å². The van der Waals surface area contributed by atoms with Crippen LogP contribution in [0.15, 0.2) is 27.2 Å². The van der Waals surface area contributed by atoms with Crippen LogP contribution in [0, 0.1) is 11.3 Å². The predicted octanol–water partition coefficient (Wildman–Crippen LogP) is 3.92. The van der Waals surface area contributed by atoms with Crippen molar-refractivity contribution < 1.29 is 8.78 Å². The van der Waals surface area contributed by atoms with Crippen molar-refractivity contribution in [2.75, 3.05) is 18.0 Å². The van der Waals surface area contributed by atoms with E-state index in [1.165, 1.54) is 0 Å². The molecule has 0 amide bonds. The molecule has 1 unspecified atom stereocenters. The van der Waals surface area contributed by atoms with Crippen LogP contribution < -0.4 is 14.9 Å². The van der Waals surface area contributed by atoms with Crippen molar-refractivity contribution in [1.29, 1.82) is 5.26 Å². The molecule has 5 rings (SSSR count). The fraction of sp³-hybridized carbons (Fsp3) is 0.600. The molecule has 0 bridgehead atoms. The Morgan fingerprint density at radius 1 is 1.38 bits per heavy atom. The number of alkyl halides is 2. The van der Waals surface area contributed by atoms with Gasteiger partial charge in [-0.05, 0) is 0 Å². The number of fused-ring (bicyclic) bond motifs is 1. The minimum absolute atomic E-state index is 0.144. The molecule has 37 heavy (non-hydrogen) atoms. The summed E-state index contributed by atoms with van der Waals surface area (Å²) >= 11 is 1.03. The molecular formula is C25H32F2N8SSe. The quantitative estimate of drug-likeness (QED) is 0.188. The van der Waals surface area contributed by atoms with Gasteiger partial charge in [-0.2, -0.15) is 0 Å². The maximum absolute atomic E-state index is 13.6. The number of aromatic nitrogens is 2. The molecule has 12 heteroatoms. The van der Waals surface area contributed by atoms with Gasteiger partial charge in [0.05, 0.1) is 0 Å². The molecule has 0 spiro atoms. The van der Waals surface area contributed by atoms with Gasteiger partial charge in [-0.25, -0.2) is 0 Å². The van der Waals surface area contributed by atoms with E-state index in [2.05, 4.69) is 70.8 Å². The average molecular weight is 594 g/mol. The number of pyridine rings is 1. The first-order valence-corrected chi connectivity index (χ1v) is 15.4. The summed E-state index contributed by atoms with van der Waals surface area (Å²) in [5.41, 5.74) is 2.85. The van der Waals surface area contributed by atoms with Gasteiger partial charge in [0.15, 0.2) is 0 Å². The van der Waals surface area contributed by atoms with Crippen LogP contribution in [-0.4, -0.2) is 72.5 Å². The zero-order valence-corrected chi connectivity index (χ0v) is 23.8. The van der Waals surface area contributed by atoms with Crippen molar-refractivity contribution in [3.8, 4) is 6.07 Å². The summed E-state index contributed by atoms with van der Waals surface area (Å²) < 4.78 is 32.5. The number of rotatable bonds is 10. The average Bonchev–Trinajstić information content (AvgIpc) is 3.78. The van der Waals surface area contributed by atoms with Crippen molar-refractivity contribution in [1.82, 2.24) is 19.7 Å². The van der Waals surface area contributed by atoms with Gasteiger partial charge in [0.1, 0.15) is 0 Å². The molecule has 1 saturated heterocycles. The molecule has 2 N–H and O–H groups in total. The third-order valence-electron chi connectivity index (χ3n) is 6.96. The van der Waals surface area contributed by atoms with E-state index < -0.39 is 21.4 Å². The Kier molecular flexibility index (Phi) is 7.37. The van der Waals surface area contributed by atoms with Crippen LogP contribution in [0.3, 0.4) is 0 Å². The topological polar surface area (TPSA) is 93.1 Å². The summed E-state index contributed by atoms with van der Waals surface area (Å²) in [6.45, 7) is 10.9. The fourth-order valence-corrected chi connectivity index (χ4v) is 7.32. The zero-order chi connectivity index (χ0) is 26.4. The van der Waals surface area contributed by atoms with Gasteiger partial charge >= 0.3 is 227 Å². The number of piperazine rings is 1. The third-order valence-corrected chi connectivity index (χ3v) is 10.1. The Hall–Kier alpha value is -2.03. The molecule has 3 aliphatic rings. The molecule has 8 nitrogen and oxygen atoms in total. The number of nitrogens with one attached hydrogen (secondary N) is 2. The van der Waals surface area contributed by atoms with Crippen LogP contribution in [0.5, 0.6) is 0 Å².